The molecular weight excluding hydrogens is 628 g/mol. The van der Waals surface area contributed by atoms with Gasteiger partial charge in [0.2, 0.25) is 0 Å². The summed E-state index contributed by atoms with van der Waals surface area (Å²) in [6.45, 7) is 10.8. The lowest BCUT2D eigenvalue weighted by Gasteiger charge is -2.65. The smallest absolute Gasteiger partial charge is 0.338 e. The summed E-state index contributed by atoms with van der Waals surface area (Å²) >= 11 is 0. The first kappa shape index (κ1) is 35.5. The van der Waals surface area contributed by atoms with E-state index in [-0.39, 0.29) is 30.6 Å². The zero-order valence-electron chi connectivity index (χ0n) is 28.4. The zero-order valence-corrected chi connectivity index (χ0v) is 28.4. The van der Waals surface area contributed by atoms with Gasteiger partial charge in [0.15, 0.2) is 17.8 Å². The van der Waals surface area contributed by atoms with Gasteiger partial charge in [0.25, 0.3) is 0 Å². The molecule has 1 aliphatic heterocycles. The summed E-state index contributed by atoms with van der Waals surface area (Å²) in [7, 11) is 0. The Morgan fingerprint density at radius 2 is 1.46 bits per heavy atom. The molecule has 3 fully saturated rings. The average molecular weight is 673 g/mol. The summed E-state index contributed by atoms with van der Waals surface area (Å²) in [4.78, 5) is 65.7. The van der Waals surface area contributed by atoms with Crippen LogP contribution in [-0.4, -0.2) is 94.5 Å². The van der Waals surface area contributed by atoms with Crippen LogP contribution in [0, 0.1) is 16.7 Å². The number of rotatable bonds is 7. The van der Waals surface area contributed by atoms with Crippen LogP contribution in [0.25, 0.3) is 0 Å². The first-order chi connectivity index (χ1) is 22.3. The molecule has 0 amide bonds. The third-order valence-corrected chi connectivity index (χ3v) is 10.8. The van der Waals surface area contributed by atoms with E-state index in [1.54, 1.807) is 32.0 Å². The minimum absolute atomic E-state index is 0.0278. The van der Waals surface area contributed by atoms with Gasteiger partial charge >= 0.3 is 29.8 Å². The maximum atomic E-state index is 13.9. The van der Waals surface area contributed by atoms with Crippen molar-refractivity contribution in [3.05, 3.63) is 47.0 Å². The van der Waals surface area contributed by atoms with Crippen LogP contribution in [0.4, 0.5) is 0 Å². The highest BCUT2D eigenvalue weighted by atomic mass is 16.6. The number of hydrogen-bond donors (Lipinski definition) is 2. The maximum Gasteiger partial charge on any atom is 0.338 e. The van der Waals surface area contributed by atoms with E-state index in [1.807, 2.05) is 0 Å². The SMILES string of the molecule is CC(=O)O[C@H]1C[C@H]2OC[C@@]2(OC(C)=O)C2[C@H](OC(C)=O)[C@]3(C(C)(C)O)C[C@@H](O)C(C)=C3[C@@H](OC(=O)c3ccccc3)[C@H](OC(C)=O)[C@@]21C. The van der Waals surface area contributed by atoms with Crippen molar-refractivity contribution in [3.8, 4) is 0 Å². The second-order valence-electron chi connectivity index (χ2n) is 14.1. The third kappa shape index (κ3) is 5.39. The van der Waals surface area contributed by atoms with Crippen LogP contribution < -0.4 is 0 Å². The van der Waals surface area contributed by atoms with Crippen LogP contribution in [0.5, 0.6) is 0 Å². The van der Waals surface area contributed by atoms with Gasteiger partial charge < -0.3 is 38.6 Å². The van der Waals surface area contributed by atoms with Crippen molar-refractivity contribution in [2.45, 2.75) is 116 Å². The number of aliphatic hydroxyl groups is 2. The third-order valence-electron chi connectivity index (χ3n) is 10.8. The molecule has 2 saturated carbocycles. The van der Waals surface area contributed by atoms with Crippen LogP contribution >= 0.6 is 0 Å². The number of carbonyl (C=O) groups excluding carboxylic acids is 5. The topological polar surface area (TPSA) is 181 Å². The van der Waals surface area contributed by atoms with E-state index in [0.717, 1.165) is 6.92 Å². The Hall–Kier alpha value is -3.81. The van der Waals surface area contributed by atoms with Gasteiger partial charge in [-0.05, 0) is 50.5 Å². The van der Waals surface area contributed by atoms with Crippen LogP contribution in [0.1, 0.15) is 78.6 Å². The lowest BCUT2D eigenvalue weighted by Crippen LogP contribution is -2.79. The minimum atomic E-state index is -1.84. The molecule has 1 unspecified atom stereocenters. The molecule has 262 valence electrons. The minimum Gasteiger partial charge on any atom is -0.462 e. The van der Waals surface area contributed by atoms with E-state index in [0.29, 0.717) is 5.57 Å². The Bertz CT molecular complexity index is 1530. The zero-order chi connectivity index (χ0) is 35.6. The van der Waals surface area contributed by atoms with Crippen molar-refractivity contribution in [1.29, 1.82) is 0 Å². The number of esters is 5. The summed E-state index contributed by atoms with van der Waals surface area (Å²) in [5, 5.41) is 23.9. The first-order valence-corrected chi connectivity index (χ1v) is 16.0. The molecule has 1 heterocycles. The van der Waals surface area contributed by atoms with E-state index in [4.69, 9.17) is 28.4 Å². The lowest BCUT2D eigenvalue weighted by atomic mass is 9.49. The maximum absolute atomic E-state index is 13.9. The Morgan fingerprint density at radius 3 is 1.96 bits per heavy atom. The highest BCUT2D eigenvalue weighted by Crippen LogP contribution is 2.68. The molecule has 10 atom stereocenters. The van der Waals surface area contributed by atoms with Gasteiger partial charge in [-0.25, -0.2) is 4.79 Å². The van der Waals surface area contributed by atoms with Gasteiger partial charge in [0.05, 0.1) is 40.6 Å². The van der Waals surface area contributed by atoms with Crippen LogP contribution in [0.15, 0.2) is 41.5 Å². The molecule has 1 aromatic rings. The Morgan fingerprint density at radius 1 is 0.875 bits per heavy atom. The van der Waals surface area contributed by atoms with E-state index >= 15 is 0 Å². The molecular formula is C35H44O13. The van der Waals surface area contributed by atoms with E-state index in [1.165, 1.54) is 46.8 Å². The van der Waals surface area contributed by atoms with Crippen LogP contribution in [0.3, 0.4) is 0 Å². The fraction of sp³-hybridized carbons (Fsp3) is 0.629. The summed E-state index contributed by atoms with van der Waals surface area (Å²) in [5.74, 6) is -4.96. The van der Waals surface area contributed by atoms with Crippen molar-refractivity contribution >= 4 is 29.8 Å². The first-order valence-electron chi connectivity index (χ1n) is 16.0. The Kier molecular flexibility index (Phi) is 9.07. The Balaban J connectivity index is 1.93. The number of aliphatic hydroxyl groups excluding tert-OH is 1. The predicted octanol–water partition coefficient (Wildman–Crippen LogP) is 2.59. The second-order valence-corrected chi connectivity index (χ2v) is 14.1. The van der Waals surface area contributed by atoms with Gasteiger partial charge in [-0.2, -0.15) is 0 Å². The summed E-state index contributed by atoms with van der Waals surface area (Å²) in [6, 6.07) is 8.08. The monoisotopic (exact) mass is 672 g/mol. The molecule has 0 spiro atoms. The highest BCUT2D eigenvalue weighted by Gasteiger charge is 2.80. The number of benzene rings is 1. The van der Waals surface area contributed by atoms with Crippen LogP contribution in [0.2, 0.25) is 0 Å². The molecule has 3 aliphatic carbocycles. The van der Waals surface area contributed by atoms with Crippen molar-refractivity contribution in [1.82, 2.24) is 0 Å². The van der Waals surface area contributed by atoms with E-state index in [2.05, 4.69) is 0 Å². The molecule has 1 saturated heterocycles. The Labute approximate surface area is 278 Å². The van der Waals surface area contributed by atoms with Crippen LogP contribution in [-0.2, 0) is 47.6 Å². The quantitative estimate of drug-likeness (QED) is 0.245. The second kappa shape index (κ2) is 12.3. The molecule has 13 heteroatoms. The fourth-order valence-electron chi connectivity index (χ4n) is 8.97. The molecule has 13 nitrogen and oxygen atoms in total. The largest absolute Gasteiger partial charge is 0.462 e. The van der Waals surface area contributed by atoms with Gasteiger partial charge in [-0.3, -0.25) is 19.2 Å². The number of hydrogen-bond acceptors (Lipinski definition) is 13. The molecule has 1 aromatic carbocycles. The lowest BCUT2D eigenvalue weighted by molar-refractivity contribution is -0.352. The van der Waals surface area contributed by atoms with Crippen molar-refractivity contribution in [2.75, 3.05) is 6.61 Å². The van der Waals surface area contributed by atoms with E-state index < -0.39 is 94.4 Å². The number of ether oxygens (including phenoxy) is 6. The fourth-order valence-corrected chi connectivity index (χ4v) is 8.97. The van der Waals surface area contributed by atoms with Gasteiger partial charge in [-0.15, -0.1) is 0 Å². The van der Waals surface area contributed by atoms with Crippen molar-refractivity contribution in [3.63, 3.8) is 0 Å². The summed E-state index contributed by atoms with van der Waals surface area (Å²) < 4.78 is 36.7. The molecule has 48 heavy (non-hydrogen) atoms. The van der Waals surface area contributed by atoms with Crippen molar-refractivity contribution < 1.29 is 62.6 Å². The molecule has 2 N–H and O–H groups in total. The molecule has 0 bridgehead atoms. The standard InChI is InChI=1S/C35H44O13/c1-17-23(40)15-34(32(6,7)42)26(17)27(47-31(41)22-12-10-9-11-13-22)29(45-19(3)37)33(8)24(44-18(2)36)14-25-35(16-43-25,48-21(5)39)28(33)30(34)46-20(4)38/h9-13,23-25,27-30,40,42H,14-16H2,1-8H3/t23-,24+,25-,27-,28?,29+,30+,33-,34+,35+/m1/s1. The number of carbonyl (C=O) groups is 5. The normalized spacial score (nSPS) is 37.0. The highest BCUT2D eigenvalue weighted by molar-refractivity contribution is 5.89. The number of fused-ring (bicyclic) bond motifs is 4. The summed E-state index contributed by atoms with van der Waals surface area (Å²) in [5.41, 5.74) is -6.14. The molecule has 5 rings (SSSR count). The molecule has 0 radical (unpaired) electrons. The van der Waals surface area contributed by atoms with E-state index in [9.17, 15) is 34.2 Å². The van der Waals surface area contributed by atoms with Gasteiger partial charge in [-0.1, -0.05) is 25.1 Å². The molecule has 0 aromatic heterocycles. The van der Waals surface area contributed by atoms with Gasteiger partial charge in [0.1, 0.15) is 18.3 Å². The predicted molar refractivity (Wildman–Crippen MR) is 165 cm³/mol. The summed E-state index contributed by atoms with van der Waals surface area (Å²) in [6.07, 6.45) is -7.94. The average Bonchev–Trinajstić information content (AvgIpc) is 3.21. The molecule has 4 aliphatic rings. The van der Waals surface area contributed by atoms with Crippen molar-refractivity contribution in [2.24, 2.45) is 16.7 Å². The van der Waals surface area contributed by atoms with Gasteiger partial charge in [0, 0.05) is 34.1 Å².